The minimum Gasteiger partial charge on any atom is -0.394 e. The number of amides is 1. The van der Waals surface area contributed by atoms with Crippen molar-refractivity contribution in [1.29, 1.82) is 0 Å². The van der Waals surface area contributed by atoms with E-state index in [4.69, 9.17) is 23.2 Å². The van der Waals surface area contributed by atoms with Gasteiger partial charge >= 0.3 is 0 Å². The van der Waals surface area contributed by atoms with Crippen LogP contribution in [0.5, 0.6) is 0 Å². The van der Waals surface area contributed by atoms with Gasteiger partial charge in [-0.15, -0.1) is 0 Å². The molecule has 1 aliphatic heterocycles. The van der Waals surface area contributed by atoms with Gasteiger partial charge in [-0.3, -0.25) is 4.79 Å². The minimum absolute atomic E-state index is 0.0497. The maximum Gasteiger partial charge on any atom is 0.225 e. The Balaban J connectivity index is 1.66. The largest absolute Gasteiger partial charge is 0.394 e. The lowest BCUT2D eigenvalue weighted by Gasteiger charge is -2.21. The first-order chi connectivity index (χ1) is 14.4. The number of aliphatic hydroxyl groups excluding tert-OH is 2. The number of nitrogens with zero attached hydrogens (tertiary/aromatic N) is 3. The van der Waals surface area contributed by atoms with Gasteiger partial charge in [-0.25, -0.2) is 4.98 Å². The summed E-state index contributed by atoms with van der Waals surface area (Å²) in [5.74, 6) is 0.499. The third-order valence-corrected chi connectivity index (χ3v) is 5.49. The first-order valence-electron chi connectivity index (χ1n) is 9.72. The monoisotopic (exact) mass is 453 g/mol. The summed E-state index contributed by atoms with van der Waals surface area (Å²) in [4.78, 5) is 23.3. The van der Waals surface area contributed by atoms with Crippen molar-refractivity contribution in [2.75, 3.05) is 36.5 Å². The molecule has 3 atom stereocenters. The van der Waals surface area contributed by atoms with E-state index in [1.165, 1.54) is 6.20 Å². The summed E-state index contributed by atoms with van der Waals surface area (Å²) in [6.07, 6.45) is 2.14. The van der Waals surface area contributed by atoms with Crippen molar-refractivity contribution in [3.8, 4) is 0 Å². The highest BCUT2D eigenvalue weighted by Crippen LogP contribution is 2.29. The molecule has 0 spiro atoms. The molecule has 162 valence electrons. The highest BCUT2D eigenvalue weighted by atomic mass is 35.5. The standard InChI is InChI=1S/C20H25Cl2N5O3/c1-12(10-28)24-20-23-8-16(22)18(26-20)27-6-5-14(9-27)19(30)25-17(11-29)13-3-2-4-15(21)7-13/h2-4,7-8,12,14,17,28-29H,5-6,9-11H2,1H3,(H,25,30)(H,23,24,26)/t12?,14?,17-/m1/s1. The first kappa shape index (κ1) is 22.6. The van der Waals surface area contributed by atoms with Gasteiger partial charge < -0.3 is 25.7 Å². The summed E-state index contributed by atoms with van der Waals surface area (Å²) >= 11 is 12.3. The maximum absolute atomic E-state index is 12.8. The Hall–Kier alpha value is -2.13. The van der Waals surface area contributed by atoms with Crippen LogP contribution in [0.4, 0.5) is 11.8 Å². The number of nitrogens with one attached hydrogen (secondary N) is 2. The van der Waals surface area contributed by atoms with Crippen molar-refractivity contribution in [1.82, 2.24) is 15.3 Å². The SMILES string of the molecule is CC(CO)Nc1ncc(Cl)c(N2CCC(C(=O)N[C@H](CO)c3cccc(Cl)c3)C2)n1. The van der Waals surface area contributed by atoms with Crippen LogP contribution in [0, 0.1) is 5.92 Å². The average Bonchev–Trinajstić information content (AvgIpc) is 3.23. The lowest BCUT2D eigenvalue weighted by atomic mass is 10.0. The zero-order chi connectivity index (χ0) is 21.7. The number of rotatable bonds is 8. The number of anilines is 2. The van der Waals surface area contributed by atoms with E-state index in [0.717, 1.165) is 5.56 Å². The van der Waals surface area contributed by atoms with Gasteiger partial charge in [-0.2, -0.15) is 4.98 Å². The van der Waals surface area contributed by atoms with Crippen LogP contribution in [0.3, 0.4) is 0 Å². The Morgan fingerprint density at radius 1 is 1.33 bits per heavy atom. The molecule has 0 aliphatic carbocycles. The lowest BCUT2D eigenvalue weighted by molar-refractivity contribution is -0.125. The summed E-state index contributed by atoms with van der Waals surface area (Å²) in [6, 6.07) is 6.35. The van der Waals surface area contributed by atoms with Gasteiger partial charge in [0.1, 0.15) is 5.02 Å². The molecule has 10 heteroatoms. The molecule has 1 aromatic carbocycles. The summed E-state index contributed by atoms with van der Waals surface area (Å²) in [7, 11) is 0. The van der Waals surface area contributed by atoms with E-state index in [1.807, 2.05) is 17.9 Å². The second-order valence-corrected chi connectivity index (χ2v) is 8.17. The van der Waals surface area contributed by atoms with Crippen LogP contribution in [-0.4, -0.2) is 58.4 Å². The lowest BCUT2D eigenvalue weighted by Crippen LogP contribution is -2.37. The summed E-state index contributed by atoms with van der Waals surface area (Å²) < 4.78 is 0. The van der Waals surface area contributed by atoms with Crippen molar-refractivity contribution < 1.29 is 15.0 Å². The van der Waals surface area contributed by atoms with E-state index in [-0.39, 0.29) is 31.1 Å². The summed E-state index contributed by atoms with van der Waals surface area (Å²) in [6.45, 7) is 2.60. The van der Waals surface area contributed by atoms with Gasteiger partial charge in [0.05, 0.1) is 31.4 Å². The highest BCUT2D eigenvalue weighted by Gasteiger charge is 2.31. The van der Waals surface area contributed by atoms with Gasteiger partial charge in [-0.1, -0.05) is 35.3 Å². The average molecular weight is 454 g/mol. The van der Waals surface area contributed by atoms with Crippen molar-refractivity contribution in [2.45, 2.75) is 25.4 Å². The number of halogens is 2. The van der Waals surface area contributed by atoms with Gasteiger partial charge in [0, 0.05) is 24.2 Å². The number of hydrogen-bond acceptors (Lipinski definition) is 7. The smallest absolute Gasteiger partial charge is 0.225 e. The van der Waals surface area contributed by atoms with Gasteiger partial charge in [-0.05, 0) is 31.0 Å². The second kappa shape index (κ2) is 10.3. The number of aliphatic hydroxyl groups is 2. The molecule has 2 aromatic rings. The number of carbonyl (C=O) groups is 1. The van der Waals surface area contributed by atoms with Gasteiger partial charge in [0.2, 0.25) is 11.9 Å². The molecule has 4 N–H and O–H groups in total. The highest BCUT2D eigenvalue weighted by molar-refractivity contribution is 6.32. The van der Waals surface area contributed by atoms with Crippen LogP contribution in [0.25, 0.3) is 0 Å². The Morgan fingerprint density at radius 3 is 2.83 bits per heavy atom. The number of aromatic nitrogens is 2. The third-order valence-electron chi connectivity index (χ3n) is 4.98. The molecular formula is C20H25Cl2N5O3. The fraction of sp³-hybridized carbons (Fsp3) is 0.450. The zero-order valence-electron chi connectivity index (χ0n) is 16.6. The molecule has 1 aliphatic rings. The fourth-order valence-corrected chi connectivity index (χ4v) is 3.74. The second-order valence-electron chi connectivity index (χ2n) is 7.32. The zero-order valence-corrected chi connectivity index (χ0v) is 18.1. The third kappa shape index (κ3) is 5.51. The van der Waals surface area contributed by atoms with Crippen LogP contribution in [-0.2, 0) is 4.79 Å². The molecule has 2 unspecified atom stereocenters. The van der Waals surface area contributed by atoms with Crippen LogP contribution in [0.2, 0.25) is 10.0 Å². The summed E-state index contributed by atoms with van der Waals surface area (Å²) in [5.41, 5.74) is 0.751. The molecule has 1 saturated heterocycles. The Labute approximate surface area is 185 Å². The number of hydrogen-bond donors (Lipinski definition) is 4. The fourth-order valence-electron chi connectivity index (χ4n) is 3.33. The molecule has 1 amide bonds. The maximum atomic E-state index is 12.8. The predicted octanol–water partition coefficient (Wildman–Crippen LogP) is 2.25. The molecule has 1 aromatic heterocycles. The van der Waals surface area contributed by atoms with Gasteiger partial charge in [0.15, 0.2) is 5.82 Å². The van der Waals surface area contributed by atoms with E-state index in [0.29, 0.717) is 41.3 Å². The van der Waals surface area contributed by atoms with Crippen LogP contribution >= 0.6 is 23.2 Å². The van der Waals surface area contributed by atoms with Crippen molar-refractivity contribution >= 4 is 40.9 Å². The number of carbonyl (C=O) groups excluding carboxylic acids is 1. The quantitative estimate of drug-likeness (QED) is 0.484. The predicted molar refractivity (Wildman–Crippen MR) is 117 cm³/mol. The Morgan fingerprint density at radius 2 is 2.13 bits per heavy atom. The molecule has 0 radical (unpaired) electrons. The minimum atomic E-state index is -0.524. The van der Waals surface area contributed by atoms with Crippen LogP contribution in [0.15, 0.2) is 30.5 Å². The molecule has 0 saturated carbocycles. The van der Waals surface area contributed by atoms with Crippen molar-refractivity contribution in [3.63, 3.8) is 0 Å². The van der Waals surface area contributed by atoms with E-state index in [2.05, 4.69) is 20.6 Å². The van der Waals surface area contributed by atoms with Crippen LogP contribution in [0.1, 0.15) is 24.9 Å². The number of benzene rings is 1. The normalized spacial score (nSPS) is 18.2. The van der Waals surface area contributed by atoms with Crippen LogP contribution < -0.4 is 15.5 Å². The molecule has 3 rings (SSSR count). The first-order valence-corrected chi connectivity index (χ1v) is 10.5. The van der Waals surface area contributed by atoms with E-state index in [1.54, 1.807) is 18.2 Å². The molecule has 2 heterocycles. The topological polar surface area (TPSA) is 111 Å². The van der Waals surface area contributed by atoms with Crippen molar-refractivity contribution in [3.05, 3.63) is 46.1 Å². The molecule has 0 bridgehead atoms. The molecule has 30 heavy (non-hydrogen) atoms. The Bertz CT molecular complexity index is 885. The summed E-state index contributed by atoms with van der Waals surface area (Å²) in [5, 5.41) is 25.8. The van der Waals surface area contributed by atoms with E-state index < -0.39 is 6.04 Å². The molecule has 8 nitrogen and oxygen atoms in total. The van der Waals surface area contributed by atoms with Crippen molar-refractivity contribution in [2.24, 2.45) is 5.92 Å². The van der Waals surface area contributed by atoms with E-state index in [9.17, 15) is 15.0 Å². The Kier molecular flexibility index (Phi) is 7.71. The molecule has 1 fully saturated rings. The molecular weight excluding hydrogens is 429 g/mol. The van der Waals surface area contributed by atoms with Gasteiger partial charge in [0.25, 0.3) is 0 Å². The van der Waals surface area contributed by atoms with E-state index >= 15 is 0 Å².